The van der Waals surface area contributed by atoms with Gasteiger partial charge < -0.3 is 10.1 Å². The first-order valence-electron chi connectivity index (χ1n) is 4.51. The van der Waals surface area contributed by atoms with Gasteiger partial charge in [-0.3, -0.25) is 0 Å². The quantitative estimate of drug-likeness (QED) is 0.798. The normalized spacial score (nSPS) is 20.2. The third-order valence-corrected chi connectivity index (χ3v) is 2.06. The van der Waals surface area contributed by atoms with Crippen LogP contribution < -0.4 is 10.1 Å². The molecule has 0 radical (unpaired) electrons. The molecule has 0 aromatic carbocycles. The summed E-state index contributed by atoms with van der Waals surface area (Å²) in [4.78, 5) is 8.22. The van der Waals surface area contributed by atoms with Crippen molar-refractivity contribution in [2.45, 2.75) is 19.4 Å². The van der Waals surface area contributed by atoms with Crippen LogP contribution in [0.4, 0.5) is 0 Å². The van der Waals surface area contributed by atoms with Crippen molar-refractivity contribution in [2.75, 3.05) is 13.1 Å². The Bertz CT molecular complexity index is 289. The van der Waals surface area contributed by atoms with Gasteiger partial charge in [-0.1, -0.05) is 0 Å². The van der Waals surface area contributed by atoms with Crippen molar-refractivity contribution in [1.29, 1.82) is 0 Å². The summed E-state index contributed by atoms with van der Waals surface area (Å²) in [6, 6.07) is 2.36. The van der Waals surface area contributed by atoms with E-state index in [9.17, 15) is 0 Å². The van der Waals surface area contributed by atoms with Gasteiger partial charge in [0.2, 0.25) is 0 Å². The summed E-state index contributed by atoms with van der Waals surface area (Å²) in [6.07, 6.45) is 3.00. The third-order valence-electron chi connectivity index (χ3n) is 2.06. The fraction of sp³-hybridized carbons (Fsp3) is 0.556. The minimum Gasteiger partial charge on any atom is -0.459 e. The van der Waals surface area contributed by atoms with Crippen LogP contribution in [0.1, 0.15) is 12.1 Å². The minimum absolute atomic E-state index is 0. The van der Waals surface area contributed by atoms with E-state index in [0.29, 0.717) is 6.01 Å². The fourth-order valence-electron chi connectivity index (χ4n) is 1.36. The third kappa shape index (κ3) is 2.82. The van der Waals surface area contributed by atoms with Crippen LogP contribution in [0.3, 0.4) is 0 Å². The van der Waals surface area contributed by atoms with Crippen molar-refractivity contribution in [3.63, 3.8) is 0 Å². The maximum Gasteiger partial charge on any atom is 0.316 e. The smallest absolute Gasteiger partial charge is 0.316 e. The standard InChI is InChI=1S/C9H13N3O.ClH/c1-7-2-5-11-9(12-7)13-8-3-4-10-6-8;/h2,5,8,10H,3-4,6H2,1H3;1H/t8-;/m0./s1. The Morgan fingerprint density at radius 2 is 2.43 bits per heavy atom. The first kappa shape index (κ1) is 11.2. The van der Waals surface area contributed by atoms with Crippen LogP contribution in [0.2, 0.25) is 0 Å². The zero-order valence-corrected chi connectivity index (χ0v) is 8.88. The maximum atomic E-state index is 5.57. The van der Waals surface area contributed by atoms with Crippen LogP contribution in [0.25, 0.3) is 0 Å². The monoisotopic (exact) mass is 215 g/mol. The number of hydrogen-bond donors (Lipinski definition) is 1. The molecular formula is C9H14ClN3O. The lowest BCUT2D eigenvalue weighted by atomic mass is 10.3. The average Bonchev–Trinajstić information content (AvgIpc) is 2.57. The van der Waals surface area contributed by atoms with Crippen molar-refractivity contribution in [1.82, 2.24) is 15.3 Å². The van der Waals surface area contributed by atoms with E-state index >= 15 is 0 Å². The molecule has 0 bridgehead atoms. The van der Waals surface area contributed by atoms with Crippen molar-refractivity contribution < 1.29 is 4.74 Å². The van der Waals surface area contributed by atoms with Crippen LogP contribution in [0, 0.1) is 6.92 Å². The number of aromatic nitrogens is 2. The SMILES string of the molecule is Cc1ccnc(O[C@H]2CCNC2)n1.Cl. The molecule has 0 unspecified atom stereocenters. The molecule has 1 atom stereocenters. The molecule has 1 fully saturated rings. The summed E-state index contributed by atoms with van der Waals surface area (Å²) in [7, 11) is 0. The van der Waals surface area contributed by atoms with Gasteiger partial charge in [-0.05, 0) is 26.0 Å². The zero-order chi connectivity index (χ0) is 9.10. The summed E-state index contributed by atoms with van der Waals surface area (Å²) >= 11 is 0. The highest BCUT2D eigenvalue weighted by atomic mass is 35.5. The van der Waals surface area contributed by atoms with E-state index in [2.05, 4.69) is 15.3 Å². The van der Waals surface area contributed by atoms with Crippen LogP contribution in [-0.2, 0) is 0 Å². The predicted octanol–water partition coefficient (Wildman–Crippen LogP) is 0.948. The predicted molar refractivity (Wildman–Crippen MR) is 55.9 cm³/mol. The molecule has 1 N–H and O–H groups in total. The van der Waals surface area contributed by atoms with Crippen LogP contribution in [0.15, 0.2) is 12.3 Å². The molecule has 1 aliphatic heterocycles. The van der Waals surface area contributed by atoms with Crippen molar-refractivity contribution in [2.24, 2.45) is 0 Å². The van der Waals surface area contributed by atoms with Gasteiger partial charge in [0.1, 0.15) is 6.10 Å². The van der Waals surface area contributed by atoms with E-state index in [1.807, 2.05) is 13.0 Å². The van der Waals surface area contributed by atoms with Gasteiger partial charge in [-0.25, -0.2) is 9.97 Å². The van der Waals surface area contributed by atoms with Crippen molar-refractivity contribution in [3.8, 4) is 6.01 Å². The van der Waals surface area contributed by atoms with Crippen LogP contribution in [-0.4, -0.2) is 29.2 Å². The summed E-state index contributed by atoms with van der Waals surface area (Å²) in [5.41, 5.74) is 0.941. The van der Waals surface area contributed by atoms with E-state index in [1.54, 1.807) is 6.20 Å². The van der Waals surface area contributed by atoms with Gasteiger partial charge in [-0.15, -0.1) is 12.4 Å². The number of aryl methyl sites for hydroxylation is 1. The molecule has 78 valence electrons. The second kappa shape index (κ2) is 5.12. The molecule has 1 aliphatic rings. The molecular weight excluding hydrogens is 202 g/mol. The largest absolute Gasteiger partial charge is 0.459 e. The number of nitrogens with zero attached hydrogens (tertiary/aromatic N) is 2. The number of hydrogen-bond acceptors (Lipinski definition) is 4. The Hall–Kier alpha value is -0.870. The molecule has 0 aliphatic carbocycles. The molecule has 1 aromatic heterocycles. The molecule has 2 rings (SSSR count). The molecule has 0 saturated carbocycles. The number of rotatable bonds is 2. The van der Waals surface area contributed by atoms with Crippen molar-refractivity contribution >= 4 is 12.4 Å². The molecule has 14 heavy (non-hydrogen) atoms. The summed E-state index contributed by atoms with van der Waals surface area (Å²) < 4.78 is 5.57. The van der Waals surface area contributed by atoms with E-state index < -0.39 is 0 Å². The number of halogens is 1. The lowest BCUT2D eigenvalue weighted by molar-refractivity contribution is 0.204. The Balaban J connectivity index is 0.000000980. The van der Waals surface area contributed by atoms with Gasteiger partial charge in [0.25, 0.3) is 0 Å². The van der Waals surface area contributed by atoms with Gasteiger partial charge in [0.05, 0.1) is 0 Å². The highest BCUT2D eigenvalue weighted by Gasteiger charge is 2.16. The van der Waals surface area contributed by atoms with Crippen LogP contribution >= 0.6 is 12.4 Å². The number of ether oxygens (including phenoxy) is 1. The lowest BCUT2D eigenvalue weighted by Crippen LogP contribution is -2.20. The highest BCUT2D eigenvalue weighted by Crippen LogP contribution is 2.08. The topological polar surface area (TPSA) is 47.0 Å². The molecule has 0 spiro atoms. The molecule has 1 aromatic rings. The number of nitrogens with one attached hydrogen (secondary N) is 1. The zero-order valence-electron chi connectivity index (χ0n) is 8.06. The summed E-state index contributed by atoms with van der Waals surface area (Å²) in [5.74, 6) is 0. The van der Waals surface area contributed by atoms with Gasteiger partial charge in [0.15, 0.2) is 0 Å². The maximum absolute atomic E-state index is 5.57. The first-order chi connectivity index (χ1) is 6.34. The van der Waals surface area contributed by atoms with Crippen LogP contribution in [0.5, 0.6) is 6.01 Å². The van der Waals surface area contributed by atoms with E-state index in [0.717, 1.165) is 25.2 Å². The molecule has 4 nitrogen and oxygen atoms in total. The van der Waals surface area contributed by atoms with E-state index in [1.165, 1.54) is 0 Å². The van der Waals surface area contributed by atoms with Gasteiger partial charge in [0, 0.05) is 18.4 Å². The van der Waals surface area contributed by atoms with E-state index in [-0.39, 0.29) is 18.5 Å². The second-order valence-electron chi connectivity index (χ2n) is 3.21. The Morgan fingerprint density at radius 1 is 1.57 bits per heavy atom. The summed E-state index contributed by atoms with van der Waals surface area (Å²) in [6.45, 7) is 3.86. The second-order valence-corrected chi connectivity index (χ2v) is 3.21. The molecule has 5 heteroatoms. The fourth-order valence-corrected chi connectivity index (χ4v) is 1.36. The van der Waals surface area contributed by atoms with Gasteiger partial charge in [-0.2, -0.15) is 0 Å². The van der Waals surface area contributed by atoms with Gasteiger partial charge >= 0.3 is 6.01 Å². The Kier molecular flexibility index (Phi) is 4.10. The Labute approximate surface area is 89.5 Å². The molecule has 1 saturated heterocycles. The highest BCUT2D eigenvalue weighted by molar-refractivity contribution is 5.85. The van der Waals surface area contributed by atoms with Crippen molar-refractivity contribution in [3.05, 3.63) is 18.0 Å². The minimum atomic E-state index is 0. The summed E-state index contributed by atoms with van der Waals surface area (Å²) in [5, 5.41) is 3.23. The van der Waals surface area contributed by atoms with E-state index in [4.69, 9.17) is 4.74 Å². The molecule has 0 amide bonds. The first-order valence-corrected chi connectivity index (χ1v) is 4.51. The lowest BCUT2D eigenvalue weighted by Gasteiger charge is -2.09. The average molecular weight is 216 g/mol. The Morgan fingerprint density at radius 3 is 3.07 bits per heavy atom. The molecule has 2 heterocycles.